The highest BCUT2D eigenvalue weighted by Gasteiger charge is 2.36. The van der Waals surface area contributed by atoms with Crippen LogP contribution < -0.4 is 17.7 Å². The normalized spacial score (nSPS) is 42.8. The zero-order chi connectivity index (χ0) is 6.97. The lowest BCUT2D eigenvalue weighted by molar-refractivity contribution is -0.676. The van der Waals surface area contributed by atoms with E-state index in [2.05, 4.69) is 27.9 Å². The molecule has 1 aliphatic heterocycles. The Kier molecular flexibility index (Phi) is 3.92. The summed E-state index contributed by atoms with van der Waals surface area (Å²) in [6.45, 7) is 2.81. The molecular formula is C8H15ClIN. The zero-order valence-electron chi connectivity index (χ0n) is 6.60. The van der Waals surface area contributed by atoms with Crippen molar-refractivity contribution in [3.05, 3.63) is 0 Å². The number of nitrogens with two attached hydrogens (primary N) is 1. The van der Waals surface area contributed by atoms with E-state index in [1.165, 1.54) is 32.4 Å². The highest BCUT2D eigenvalue weighted by Crippen LogP contribution is 2.34. The molecule has 0 spiro atoms. The number of hydrogen-bond donors (Lipinski definition) is 1. The Morgan fingerprint density at radius 2 is 1.64 bits per heavy atom. The van der Waals surface area contributed by atoms with Crippen molar-refractivity contribution in [1.29, 1.82) is 0 Å². The van der Waals surface area contributed by atoms with Crippen molar-refractivity contribution in [2.75, 3.05) is 13.1 Å². The van der Waals surface area contributed by atoms with Crippen LogP contribution in [0.2, 0.25) is 0 Å². The van der Waals surface area contributed by atoms with Gasteiger partial charge in [-0.3, -0.25) is 0 Å². The van der Waals surface area contributed by atoms with Gasteiger partial charge in [0.05, 0.1) is 13.1 Å². The second-order valence-electron chi connectivity index (χ2n) is 3.66. The van der Waals surface area contributed by atoms with Crippen molar-refractivity contribution in [3.63, 3.8) is 0 Å². The fourth-order valence-electron chi connectivity index (χ4n) is 2.37. The molecule has 0 radical (unpaired) electrons. The number of fused-ring (bicyclic) bond motifs is 2. The van der Waals surface area contributed by atoms with E-state index in [0.717, 1.165) is 15.8 Å². The van der Waals surface area contributed by atoms with E-state index < -0.39 is 0 Å². The molecule has 2 aliphatic rings. The maximum Gasteiger partial charge on any atom is 0.0794 e. The van der Waals surface area contributed by atoms with Gasteiger partial charge in [-0.2, -0.15) is 0 Å². The first-order chi connectivity index (χ1) is 4.88. The van der Waals surface area contributed by atoms with Crippen LogP contribution in [-0.2, 0) is 0 Å². The Morgan fingerprint density at radius 3 is 2.09 bits per heavy atom. The molecule has 0 aromatic carbocycles. The second kappa shape index (κ2) is 4.28. The Morgan fingerprint density at radius 1 is 1.09 bits per heavy atom. The molecule has 2 rings (SSSR count). The molecule has 66 valence electrons. The maximum absolute atomic E-state index is 2.68. The molecule has 1 saturated carbocycles. The third kappa shape index (κ3) is 2.01. The standard InChI is InChI=1S/C8H14IN.ClH/c9-8-6-2-1-3-7(8)5-10-4-6;/h6-8,10H,1-5H2;1H. The molecule has 1 nitrogen and oxygen atoms in total. The summed E-state index contributed by atoms with van der Waals surface area (Å²) in [6.07, 6.45) is 4.50. The lowest BCUT2D eigenvalue weighted by Gasteiger charge is -2.37. The maximum atomic E-state index is 2.68. The molecule has 3 heteroatoms. The molecule has 0 amide bonds. The molecule has 2 bridgehead atoms. The summed E-state index contributed by atoms with van der Waals surface area (Å²) >= 11 is 2.68. The predicted molar refractivity (Wildman–Crippen MR) is 50.3 cm³/mol. The third-order valence-electron chi connectivity index (χ3n) is 2.99. The van der Waals surface area contributed by atoms with Crippen LogP contribution in [0.4, 0.5) is 0 Å². The van der Waals surface area contributed by atoms with Gasteiger partial charge in [-0.05, 0) is 12.8 Å². The molecule has 1 heterocycles. The van der Waals surface area contributed by atoms with Gasteiger partial charge in [0, 0.05) is 15.8 Å². The Hall–Kier alpha value is 0.980. The van der Waals surface area contributed by atoms with Crippen LogP contribution in [0.5, 0.6) is 0 Å². The summed E-state index contributed by atoms with van der Waals surface area (Å²) in [4.78, 5) is 0. The Labute approximate surface area is 88.2 Å². The van der Waals surface area contributed by atoms with Crippen molar-refractivity contribution >= 4 is 22.6 Å². The zero-order valence-corrected chi connectivity index (χ0v) is 9.51. The summed E-state index contributed by atoms with van der Waals surface area (Å²) in [5.41, 5.74) is 0. The summed E-state index contributed by atoms with van der Waals surface area (Å²) in [5.74, 6) is 2.10. The fourth-order valence-corrected chi connectivity index (χ4v) is 3.67. The lowest BCUT2D eigenvalue weighted by atomic mass is 9.79. The monoisotopic (exact) mass is 287 g/mol. The molecule has 2 fully saturated rings. The van der Waals surface area contributed by atoms with E-state index >= 15 is 0 Å². The second-order valence-corrected chi connectivity index (χ2v) is 5.09. The van der Waals surface area contributed by atoms with Gasteiger partial charge in [0.15, 0.2) is 0 Å². The predicted octanol–water partition coefficient (Wildman–Crippen LogP) is -2.21. The minimum atomic E-state index is 0. The Balaban J connectivity index is 0.000000605. The quantitative estimate of drug-likeness (QED) is 0.384. The van der Waals surface area contributed by atoms with Crippen LogP contribution in [0.3, 0.4) is 0 Å². The van der Waals surface area contributed by atoms with Gasteiger partial charge in [0.2, 0.25) is 0 Å². The molecule has 11 heavy (non-hydrogen) atoms. The highest BCUT2D eigenvalue weighted by atomic mass is 127. The van der Waals surface area contributed by atoms with Crippen LogP contribution in [0.1, 0.15) is 19.3 Å². The van der Waals surface area contributed by atoms with Crippen LogP contribution in [0, 0.1) is 11.8 Å². The van der Waals surface area contributed by atoms with Gasteiger partial charge in [0.25, 0.3) is 0 Å². The minimum Gasteiger partial charge on any atom is -1.00 e. The van der Waals surface area contributed by atoms with Gasteiger partial charge in [0.1, 0.15) is 0 Å². The van der Waals surface area contributed by atoms with Gasteiger partial charge >= 0.3 is 0 Å². The smallest absolute Gasteiger partial charge is 0.0794 e. The van der Waals surface area contributed by atoms with E-state index in [1.54, 1.807) is 0 Å². The first-order valence-electron chi connectivity index (χ1n) is 4.33. The lowest BCUT2D eigenvalue weighted by Crippen LogP contribution is -3.00. The molecule has 2 atom stereocenters. The highest BCUT2D eigenvalue weighted by molar-refractivity contribution is 14.1. The van der Waals surface area contributed by atoms with Crippen molar-refractivity contribution in [2.45, 2.75) is 23.2 Å². The van der Waals surface area contributed by atoms with Gasteiger partial charge < -0.3 is 17.7 Å². The van der Waals surface area contributed by atoms with Crippen molar-refractivity contribution < 1.29 is 17.7 Å². The molecule has 2 N–H and O–H groups in total. The molecule has 1 saturated heterocycles. The third-order valence-corrected chi connectivity index (χ3v) is 5.02. The number of hydrogen-bond acceptors (Lipinski definition) is 0. The van der Waals surface area contributed by atoms with Crippen LogP contribution >= 0.6 is 22.6 Å². The van der Waals surface area contributed by atoms with E-state index in [0.29, 0.717) is 0 Å². The summed E-state index contributed by atoms with van der Waals surface area (Å²) < 4.78 is 1.01. The number of alkyl halides is 1. The molecule has 2 unspecified atom stereocenters. The van der Waals surface area contributed by atoms with Crippen LogP contribution in [0.15, 0.2) is 0 Å². The van der Waals surface area contributed by atoms with E-state index in [9.17, 15) is 0 Å². The van der Waals surface area contributed by atoms with Crippen molar-refractivity contribution in [3.8, 4) is 0 Å². The minimum absolute atomic E-state index is 0. The molecular weight excluding hydrogens is 272 g/mol. The van der Waals surface area contributed by atoms with E-state index in [-0.39, 0.29) is 12.4 Å². The SMILES string of the molecule is IC1C2CCCC1C[NH2+]C2.[Cl-]. The number of rotatable bonds is 0. The first kappa shape index (κ1) is 10.1. The average molecular weight is 288 g/mol. The van der Waals surface area contributed by atoms with Crippen molar-refractivity contribution in [2.24, 2.45) is 11.8 Å². The summed E-state index contributed by atoms with van der Waals surface area (Å²) in [5, 5.41) is 2.52. The fraction of sp³-hybridized carbons (Fsp3) is 1.00. The van der Waals surface area contributed by atoms with Crippen LogP contribution in [-0.4, -0.2) is 17.0 Å². The number of quaternary nitrogens is 1. The van der Waals surface area contributed by atoms with Gasteiger partial charge in [-0.1, -0.05) is 29.0 Å². The molecule has 0 aromatic heterocycles. The summed E-state index contributed by atoms with van der Waals surface area (Å²) in [7, 11) is 0. The van der Waals surface area contributed by atoms with Crippen LogP contribution in [0.25, 0.3) is 0 Å². The first-order valence-corrected chi connectivity index (χ1v) is 5.58. The summed E-state index contributed by atoms with van der Waals surface area (Å²) in [6, 6.07) is 0. The van der Waals surface area contributed by atoms with Gasteiger partial charge in [-0.25, -0.2) is 0 Å². The van der Waals surface area contributed by atoms with E-state index in [1.807, 2.05) is 0 Å². The Bertz CT molecular complexity index is 109. The van der Waals surface area contributed by atoms with E-state index in [4.69, 9.17) is 0 Å². The number of halogens is 2. The van der Waals surface area contributed by atoms with Crippen molar-refractivity contribution in [1.82, 2.24) is 0 Å². The molecule has 0 aromatic rings. The average Bonchev–Trinajstić information content (AvgIpc) is 1.86. The topological polar surface area (TPSA) is 16.6 Å². The van der Waals surface area contributed by atoms with Gasteiger partial charge in [-0.15, -0.1) is 0 Å². The largest absolute Gasteiger partial charge is 1.00 e. The molecule has 1 aliphatic carbocycles. The number of piperidine rings is 1.